The number of benzene rings is 2. The zero-order valence-corrected chi connectivity index (χ0v) is 16.5. The molecule has 0 bridgehead atoms. The van der Waals surface area contributed by atoms with Crippen molar-refractivity contribution in [2.45, 2.75) is 32.2 Å². The molecule has 0 spiro atoms. The Balaban J connectivity index is 1.50. The van der Waals surface area contributed by atoms with Crippen LogP contribution < -0.4 is 4.74 Å². The SMILES string of the molecule is COc1ccc(CN2CCCC(c3[nH]ncc3-c3ccc(C)cc3)C2)cc1O. The summed E-state index contributed by atoms with van der Waals surface area (Å²) in [5.74, 6) is 1.14. The molecule has 146 valence electrons. The number of nitrogens with zero attached hydrogens (tertiary/aromatic N) is 2. The number of aryl methyl sites for hydroxylation is 1. The monoisotopic (exact) mass is 377 g/mol. The Morgan fingerprint density at radius 2 is 2.04 bits per heavy atom. The summed E-state index contributed by atoms with van der Waals surface area (Å²) in [4.78, 5) is 2.45. The van der Waals surface area contributed by atoms with Crippen molar-refractivity contribution in [3.8, 4) is 22.6 Å². The van der Waals surface area contributed by atoms with E-state index in [1.807, 2.05) is 18.3 Å². The lowest BCUT2D eigenvalue weighted by Crippen LogP contribution is -2.34. The van der Waals surface area contributed by atoms with E-state index in [-0.39, 0.29) is 5.75 Å². The van der Waals surface area contributed by atoms with E-state index in [4.69, 9.17) is 4.74 Å². The van der Waals surface area contributed by atoms with Crippen molar-refractivity contribution in [2.75, 3.05) is 20.2 Å². The van der Waals surface area contributed by atoms with Gasteiger partial charge >= 0.3 is 0 Å². The number of methoxy groups -OCH3 is 1. The van der Waals surface area contributed by atoms with Crippen LogP contribution in [0.2, 0.25) is 0 Å². The second-order valence-corrected chi connectivity index (χ2v) is 7.64. The number of ether oxygens (including phenoxy) is 1. The van der Waals surface area contributed by atoms with Crippen LogP contribution >= 0.6 is 0 Å². The molecule has 28 heavy (non-hydrogen) atoms. The quantitative estimate of drug-likeness (QED) is 0.688. The van der Waals surface area contributed by atoms with Crippen molar-refractivity contribution < 1.29 is 9.84 Å². The molecule has 2 heterocycles. The van der Waals surface area contributed by atoms with Gasteiger partial charge in [0.15, 0.2) is 11.5 Å². The van der Waals surface area contributed by atoms with E-state index in [2.05, 4.69) is 46.3 Å². The maximum absolute atomic E-state index is 10.0. The van der Waals surface area contributed by atoms with Crippen molar-refractivity contribution in [1.29, 1.82) is 0 Å². The molecule has 2 N–H and O–H groups in total. The first-order chi connectivity index (χ1) is 13.6. The van der Waals surface area contributed by atoms with Crippen LogP contribution in [0.25, 0.3) is 11.1 Å². The fourth-order valence-electron chi connectivity index (χ4n) is 4.10. The lowest BCUT2D eigenvalue weighted by atomic mass is 9.90. The number of phenolic OH excluding ortho intramolecular Hbond substituents is 1. The van der Waals surface area contributed by atoms with Gasteiger partial charge < -0.3 is 9.84 Å². The standard InChI is InChI=1S/C23H27N3O2/c1-16-5-8-18(9-6-16)20-13-24-25-23(20)19-4-3-11-26(15-19)14-17-7-10-22(28-2)21(27)12-17/h5-10,12-13,19,27H,3-4,11,14-15H2,1-2H3,(H,24,25). The third-order valence-electron chi connectivity index (χ3n) is 5.59. The Hall–Kier alpha value is -2.79. The van der Waals surface area contributed by atoms with Crippen LogP contribution in [0.3, 0.4) is 0 Å². The number of aromatic hydroxyl groups is 1. The van der Waals surface area contributed by atoms with Crippen LogP contribution in [0.1, 0.15) is 35.6 Å². The van der Waals surface area contributed by atoms with E-state index in [0.717, 1.165) is 38.0 Å². The number of aromatic nitrogens is 2. The van der Waals surface area contributed by atoms with Gasteiger partial charge in [-0.05, 0) is 49.6 Å². The zero-order chi connectivity index (χ0) is 19.5. The van der Waals surface area contributed by atoms with Gasteiger partial charge in [-0.1, -0.05) is 35.9 Å². The highest BCUT2D eigenvalue weighted by Gasteiger charge is 2.25. The number of hydrogen-bond acceptors (Lipinski definition) is 4. The second kappa shape index (κ2) is 8.07. The third kappa shape index (κ3) is 3.90. The number of phenols is 1. The predicted molar refractivity (Wildman–Crippen MR) is 111 cm³/mol. The van der Waals surface area contributed by atoms with Crippen LogP contribution in [0.5, 0.6) is 11.5 Å². The summed E-state index contributed by atoms with van der Waals surface area (Å²) in [5.41, 5.74) is 6.01. The third-order valence-corrected chi connectivity index (χ3v) is 5.59. The van der Waals surface area contributed by atoms with E-state index in [1.54, 1.807) is 13.2 Å². The van der Waals surface area contributed by atoms with Crippen molar-refractivity contribution in [1.82, 2.24) is 15.1 Å². The topological polar surface area (TPSA) is 61.4 Å². The first-order valence-corrected chi connectivity index (χ1v) is 9.82. The Morgan fingerprint density at radius 1 is 1.21 bits per heavy atom. The lowest BCUT2D eigenvalue weighted by Gasteiger charge is -2.32. The summed E-state index contributed by atoms with van der Waals surface area (Å²) in [6, 6.07) is 14.3. The van der Waals surface area contributed by atoms with Crippen molar-refractivity contribution in [3.63, 3.8) is 0 Å². The molecular weight excluding hydrogens is 350 g/mol. The number of piperidine rings is 1. The summed E-state index contributed by atoms with van der Waals surface area (Å²) >= 11 is 0. The minimum Gasteiger partial charge on any atom is -0.504 e. The van der Waals surface area contributed by atoms with Crippen LogP contribution in [0.15, 0.2) is 48.7 Å². The molecule has 3 aromatic rings. The van der Waals surface area contributed by atoms with E-state index in [1.165, 1.54) is 22.4 Å². The molecule has 1 aliphatic rings. The second-order valence-electron chi connectivity index (χ2n) is 7.64. The first kappa shape index (κ1) is 18.6. The van der Waals surface area contributed by atoms with E-state index < -0.39 is 0 Å². The fraction of sp³-hybridized carbons (Fsp3) is 0.348. The van der Waals surface area contributed by atoms with Gasteiger partial charge in [0.05, 0.1) is 13.3 Å². The summed E-state index contributed by atoms with van der Waals surface area (Å²) < 4.78 is 5.14. The van der Waals surface area contributed by atoms with Gasteiger partial charge in [-0.3, -0.25) is 10.00 Å². The minimum absolute atomic E-state index is 0.198. The summed E-state index contributed by atoms with van der Waals surface area (Å²) in [7, 11) is 1.57. The molecule has 1 aliphatic heterocycles. The van der Waals surface area contributed by atoms with E-state index in [9.17, 15) is 5.11 Å². The van der Waals surface area contributed by atoms with Crippen molar-refractivity contribution >= 4 is 0 Å². The summed E-state index contributed by atoms with van der Waals surface area (Å²) in [5, 5.41) is 17.7. The fourth-order valence-corrected chi connectivity index (χ4v) is 4.10. The Bertz CT molecular complexity index is 933. The molecule has 0 aliphatic carbocycles. The largest absolute Gasteiger partial charge is 0.504 e. The summed E-state index contributed by atoms with van der Waals surface area (Å²) in [6.07, 6.45) is 4.25. The number of aromatic amines is 1. The van der Waals surface area contributed by atoms with Crippen LogP contribution in [-0.2, 0) is 6.54 Å². The maximum atomic E-state index is 10.0. The molecule has 1 fully saturated rings. The number of nitrogens with one attached hydrogen (secondary N) is 1. The smallest absolute Gasteiger partial charge is 0.160 e. The average Bonchev–Trinajstić information content (AvgIpc) is 3.19. The van der Waals surface area contributed by atoms with E-state index in [0.29, 0.717) is 11.7 Å². The maximum Gasteiger partial charge on any atom is 0.160 e. The highest BCUT2D eigenvalue weighted by Crippen LogP contribution is 2.34. The molecular formula is C23H27N3O2. The minimum atomic E-state index is 0.198. The van der Waals surface area contributed by atoms with Crippen LogP contribution in [0, 0.1) is 6.92 Å². The molecule has 4 rings (SSSR count). The zero-order valence-electron chi connectivity index (χ0n) is 16.5. The van der Waals surface area contributed by atoms with Gasteiger partial charge in [-0.15, -0.1) is 0 Å². The number of rotatable bonds is 5. The van der Waals surface area contributed by atoms with Gasteiger partial charge in [-0.2, -0.15) is 5.10 Å². The highest BCUT2D eigenvalue weighted by molar-refractivity contribution is 5.66. The van der Waals surface area contributed by atoms with Gasteiger partial charge in [-0.25, -0.2) is 0 Å². The Morgan fingerprint density at radius 3 is 2.79 bits per heavy atom. The normalized spacial score (nSPS) is 17.6. The van der Waals surface area contributed by atoms with Gasteiger partial charge in [0, 0.05) is 30.3 Å². The molecule has 0 saturated carbocycles. The van der Waals surface area contributed by atoms with Crippen molar-refractivity contribution in [2.24, 2.45) is 0 Å². The highest BCUT2D eigenvalue weighted by atomic mass is 16.5. The Labute approximate surface area is 166 Å². The Kier molecular flexibility index (Phi) is 5.35. The van der Waals surface area contributed by atoms with Crippen LogP contribution in [-0.4, -0.2) is 40.4 Å². The molecule has 1 atom stereocenters. The molecule has 1 saturated heterocycles. The first-order valence-electron chi connectivity index (χ1n) is 9.82. The lowest BCUT2D eigenvalue weighted by molar-refractivity contribution is 0.198. The average molecular weight is 377 g/mol. The van der Waals surface area contributed by atoms with E-state index >= 15 is 0 Å². The predicted octanol–water partition coefficient (Wildman–Crippen LogP) is 4.48. The molecule has 5 heteroatoms. The number of likely N-dealkylation sites (tertiary alicyclic amines) is 1. The number of hydrogen-bond donors (Lipinski definition) is 2. The molecule has 1 unspecified atom stereocenters. The molecule has 2 aromatic carbocycles. The van der Waals surface area contributed by atoms with Gasteiger partial charge in [0.1, 0.15) is 0 Å². The number of H-pyrrole nitrogens is 1. The van der Waals surface area contributed by atoms with Gasteiger partial charge in [0.2, 0.25) is 0 Å². The molecule has 5 nitrogen and oxygen atoms in total. The van der Waals surface area contributed by atoms with Crippen LogP contribution in [0.4, 0.5) is 0 Å². The molecule has 1 aromatic heterocycles. The molecule has 0 amide bonds. The molecule has 0 radical (unpaired) electrons. The summed E-state index contributed by atoms with van der Waals surface area (Å²) in [6.45, 7) is 4.98. The van der Waals surface area contributed by atoms with Gasteiger partial charge in [0.25, 0.3) is 0 Å². The van der Waals surface area contributed by atoms with Crippen molar-refractivity contribution in [3.05, 3.63) is 65.5 Å².